The van der Waals surface area contributed by atoms with E-state index in [4.69, 9.17) is 9.47 Å². The van der Waals surface area contributed by atoms with Crippen molar-refractivity contribution in [2.24, 2.45) is 0 Å². The van der Waals surface area contributed by atoms with Crippen LogP contribution in [0.2, 0.25) is 0 Å². The number of ether oxygens (including phenoxy) is 2. The molecule has 1 N–H and O–H groups in total. The number of rotatable bonds is 7. The highest BCUT2D eigenvalue weighted by Crippen LogP contribution is 2.21. The Labute approximate surface area is 175 Å². The molecule has 2 fully saturated rings. The molecule has 1 amide bonds. The van der Waals surface area contributed by atoms with Crippen LogP contribution in [0.25, 0.3) is 0 Å². The van der Waals surface area contributed by atoms with Gasteiger partial charge in [-0.1, -0.05) is 6.92 Å². The van der Waals surface area contributed by atoms with Crippen LogP contribution >= 0.6 is 0 Å². The molecule has 0 saturated carbocycles. The molecular weight excluding hydrogens is 389 g/mol. The lowest BCUT2D eigenvalue weighted by Crippen LogP contribution is -2.55. The molecule has 1 atom stereocenters. The Morgan fingerprint density at radius 3 is 2.73 bits per heavy atom. The Bertz CT molecular complexity index is 835. The molecule has 1 unspecified atom stereocenters. The molecule has 3 heterocycles. The summed E-state index contributed by atoms with van der Waals surface area (Å²) in [6, 6.07) is 6.13. The summed E-state index contributed by atoms with van der Waals surface area (Å²) in [5.41, 5.74) is 0. The van der Waals surface area contributed by atoms with Crippen molar-refractivity contribution in [3.63, 3.8) is 0 Å². The van der Waals surface area contributed by atoms with Gasteiger partial charge < -0.3 is 14.4 Å². The average molecular weight is 417 g/mol. The van der Waals surface area contributed by atoms with E-state index in [0.717, 1.165) is 50.5 Å². The van der Waals surface area contributed by atoms with Gasteiger partial charge in [-0.15, -0.1) is 0 Å². The summed E-state index contributed by atoms with van der Waals surface area (Å²) in [5, 5.41) is 7.19. The van der Waals surface area contributed by atoms with Crippen LogP contribution in [0.15, 0.2) is 24.3 Å². The number of likely N-dealkylation sites (tertiary alicyclic amines) is 1. The minimum Gasteiger partial charge on any atom is -0.491 e. The summed E-state index contributed by atoms with van der Waals surface area (Å²) < 4.78 is 24.4. The van der Waals surface area contributed by atoms with Crippen LogP contribution in [-0.4, -0.2) is 75.9 Å². The van der Waals surface area contributed by atoms with Crippen LogP contribution in [0.3, 0.4) is 0 Å². The number of piperidine rings is 1. The lowest BCUT2D eigenvalue weighted by molar-refractivity contribution is -0.155. The van der Waals surface area contributed by atoms with Gasteiger partial charge in [-0.05, 0) is 37.1 Å². The molecule has 30 heavy (non-hydrogen) atoms. The smallest absolute Gasteiger partial charge is 0.248 e. The summed E-state index contributed by atoms with van der Waals surface area (Å²) in [6.45, 7) is 5.55. The molecule has 1 aromatic heterocycles. The van der Waals surface area contributed by atoms with Gasteiger partial charge in [0.2, 0.25) is 5.91 Å². The van der Waals surface area contributed by atoms with Crippen LogP contribution in [0.1, 0.15) is 31.4 Å². The van der Waals surface area contributed by atoms with Crippen molar-refractivity contribution in [1.29, 1.82) is 0 Å². The number of nitrogens with zero attached hydrogens (tertiary/aromatic N) is 4. The van der Waals surface area contributed by atoms with Crippen LogP contribution in [0.4, 0.5) is 4.39 Å². The number of H-pyrrole nitrogens is 1. The lowest BCUT2D eigenvalue weighted by Gasteiger charge is -2.42. The van der Waals surface area contributed by atoms with Gasteiger partial charge in [0.1, 0.15) is 42.5 Å². The first-order chi connectivity index (χ1) is 14.6. The van der Waals surface area contributed by atoms with Gasteiger partial charge in [0.15, 0.2) is 0 Å². The highest BCUT2D eigenvalue weighted by molar-refractivity contribution is 5.78. The van der Waals surface area contributed by atoms with Crippen molar-refractivity contribution in [2.75, 3.05) is 32.8 Å². The van der Waals surface area contributed by atoms with E-state index in [0.29, 0.717) is 18.9 Å². The number of aryl methyl sites for hydroxylation is 1. The Morgan fingerprint density at radius 2 is 2.03 bits per heavy atom. The lowest BCUT2D eigenvalue weighted by atomic mass is 10.0. The zero-order valence-electron chi connectivity index (χ0n) is 17.2. The van der Waals surface area contributed by atoms with Crippen LogP contribution in [-0.2, 0) is 22.5 Å². The van der Waals surface area contributed by atoms with E-state index in [2.05, 4.69) is 20.1 Å². The minimum absolute atomic E-state index is 0.0364. The molecule has 162 valence electrons. The van der Waals surface area contributed by atoms with Gasteiger partial charge in [-0.3, -0.25) is 14.8 Å². The Kier molecular flexibility index (Phi) is 6.59. The van der Waals surface area contributed by atoms with E-state index < -0.39 is 0 Å². The molecule has 0 spiro atoms. The van der Waals surface area contributed by atoms with Gasteiger partial charge in [-0.25, -0.2) is 9.37 Å². The number of hydrogen-bond acceptors (Lipinski definition) is 6. The second-order valence-electron chi connectivity index (χ2n) is 7.80. The fourth-order valence-corrected chi connectivity index (χ4v) is 3.98. The minimum atomic E-state index is -0.298. The molecule has 8 nitrogen and oxygen atoms in total. The van der Waals surface area contributed by atoms with Gasteiger partial charge >= 0.3 is 0 Å². The van der Waals surface area contributed by atoms with E-state index in [-0.39, 0.29) is 30.5 Å². The predicted molar refractivity (Wildman–Crippen MR) is 107 cm³/mol. The van der Waals surface area contributed by atoms with Gasteiger partial charge in [0, 0.05) is 25.6 Å². The average Bonchev–Trinajstić information content (AvgIpc) is 3.22. The van der Waals surface area contributed by atoms with Crippen LogP contribution in [0.5, 0.6) is 5.75 Å². The first-order valence-corrected chi connectivity index (χ1v) is 10.5. The largest absolute Gasteiger partial charge is 0.491 e. The number of hydrogen-bond donors (Lipinski definition) is 1. The van der Waals surface area contributed by atoms with E-state index in [9.17, 15) is 9.18 Å². The topological polar surface area (TPSA) is 83.6 Å². The summed E-state index contributed by atoms with van der Waals surface area (Å²) in [5.74, 6) is 2.07. The number of aromatic amines is 1. The number of carbonyl (C=O) groups excluding carboxylic acids is 1. The van der Waals surface area contributed by atoms with Gasteiger partial charge in [0.25, 0.3) is 0 Å². The molecule has 0 aliphatic carbocycles. The number of morpholine rings is 1. The van der Waals surface area contributed by atoms with Crippen molar-refractivity contribution >= 4 is 5.91 Å². The number of amides is 1. The third kappa shape index (κ3) is 5.14. The van der Waals surface area contributed by atoms with Crippen molar-refractivity contribution in [1.82, 2.24) is 25.0 Å². The summed E-state index contributed by atoms with van der Waals surface area (Å²) in [7, 11) is 0. The molecule has 2 aliphatic rings. The third-order valence-corrected chi connectivity index (χ3v) is 5.68. The molecular formula is C21H28FN5O3. The number of aromatic nitrogens is 3. The maximum atomic E-state index is 13.0. The fourth-order valence-electron chi connectivity index (χ4n) is 3.98. The van der Waals surface area contributed by atoms with Crippen molar-refractivity contribution < 1.29 is 18.7 Å². The summed E-state index contributed by atoms with van der Waals surface area (Å²) >= 11 is 0. The zero-order valence-corrected chi connectivity index (χ0v) is 17.2. The van der Waals surface area contributed by atoms with Crippen molar-refractivity contribution in [2.45, 2.75) is 44.9 Å². The predicted octanol–water partition coefficient (Wildman–Crippen LogP) is 1.78. The number of nitrogens with one attached hydrogen (secondary N) is 1. The quantitative estimate of drug-likeness (QED) is 0.739. The normalized spacial score (nSPS) is 21.2. The molecule has 2 saturated heterocycles. The first kappa shape index (κ1) is 20.7. The van der Waals surface area contributed by atoms with E-state index in [1.807, 2.05) is 11.8 Å². The monoisotopic (exact) mass is 417 g/mol. The number of halogens is 1. The SMILES string of the molecule is CCc1n[nH]c(CN2CCC(N3CC(COc4ccc(F)cc4)OCC3=O)CC2)n1. The van der Waals surface area contributed by atoms with E-state index >= 15 is 0 Å². The summed E-state index contributed by atoms with van der Waals surface area (Å²) in [6.07, 6.45) is 2.48. The molecule has 4 rings (SSSR count). The molecule has 9 heteroatoms. The number of carbonyl (C=O) groups is 1. The molecule has 2 aliphatic heterocycles. The van der Waals surface area contributed by atoms with Crippen molar-refractivity contribution in [3.8, 4) is 5.75 Å². The maximum absolute atomic E-state index is 13.0. The molecule has 0 radical (unpaired) electrons. The molecule has 0 bridgehead atoms. The van der Waals surface area contributed by atoms with E-state index in [1.54, 1.807) is 12.1 Å². The van der Waals surface area contributed by atoms with Gasteiger partial charge in [-0.2, -0.15) is 5.10 Å². The van der Waals surface area contributed by atoms with Gasteiger partial charge in [0.05, 0.1) is 13.1 Å². The third-order valence-electron chi connectivity index (χ3n) is 5.68. The van der Waals surface area contributed by atoms with E-state index in [1.165, 1.54) is 12.1 Å². The number of benzene rings is 1. The van der Waals surface area contributed by atoms with Crippen LogP contribution < -0.4 is 4.74 Å². The standard InChI is InChI=1S/C21H28FN5O3/c1-2-19-23-20(25-24-19)12-26-9-7-16(8-10-26)27-11-18(30-14-21(27)28)13-29-17-5-3-15(22)4-6-17/h3-6,16,18H,2,7-14H2,1H3,(H,23,24,25). The molecule has 2 aromatic rings. The fraction of sp³-hybridized carbons (Fsp3) is 0.571. The highest BCUT2D eigenvalue weighted by atomic mass is 19.1. The Morgan fingerprint density at radius 1 is 1.27 bits per heavy atom. The van der Waals surface area contributed by atoms with Crippen molar-refractivity contribution in [3.05, 3.63) is 41.7 Å². The first-order valence-electron chi connectivity index (χ1n) is 10.5. The Hall–Kier alpha value is -2.52. The zero-order chi connectivity index (χ0) is 20.9. The molecule has 1 aromatic carbocycles. The highest BCUT2D eigenvalue weighted by Gasteiger charge is 2.34. The Balaban J connectivity index is 1.25. The second kappa shape index (κ2) is 9.53. The summed E-state index contributed by atoms with van der Waals surface area (Å²) in [4.78, 5) is 21.2. The van der Waals surface area contributed by atoms with Crippen LogP contribution in [0, 0.1) is 5.82 Å². The maximum Gasteiger partial charge on any atom is 0.248 e. The second-order valence-corrected chi connectivity index (χ2v) is 7.80.